The summed E-state index contributed by atoms with van der Waals surface area (Å²) in [5, 5.41) is 0. The monoisotopic (exact) mass is 322 g/mol. The Hall–Kier alpha value is 0.719. The molecule has 2 radical (unpaired) electrons. The van der Waals surface area contributed by atoms with Gasteiger partial charge in [-0.05, 0) is 0 Å². The van der Waals surface area contributed by atoms with E-state index in [9.17, 15) is 0 Å². The molecule has 0 aromatic heterocycles. The summed E-state index contributed by atoms with van der Waals surface area (Å²) < 4.78 is 14.1. The predicted octanol–water partition coefficient (Wildman–Crippen LogP) is 3.51. The van der Waals surface area contributed by atoms with Crippen molar-refractivity contribution < 1.29 is 9.47 Å². The van der Waals surface area contributed by atoms with Crippen LogP contribution in [0.15, 0.2) is 0 Å². The Balaban J connectivity index is 3.49. The molecule has 0 aromatic rings. The van der Waals surface area contributed by atoms with Gasteiger partial charge in [-0.25, -0.2) is 0 Å². The van der Waals surface area contributed by atoms with E-state index in [4.69, 9.17) is 9.47 Å². The van der Waals surface area contributed by atoms with Gasteiger partial charge in [-0.2, -0.15) is 0 Å². The van der Waals surface area contributed by atoms with Gasteiger partial charge in [0.1, 0.15) is 0 Å². The van der Waals surface area contributed by atoms with Crippen LogP contribution >= 0.6 is 0 Å². The van der Waals surface area contributed by atoms with Crippen molar-refractivity contribution >= 4 is 21.1 Å². The quantitative estimate of drug-likeness (QED) is 0.329. The van der Waals surface area contributed by atoms with Crippen LogP contribution in [0.3, 0.4) is 0 Å². The summed E-state index contributed by atoms with van der Waals surface area (Å²) in [5.41, 5.74) is 0. The van der Waals surface area contributed by atoms with Crippen LogP contribution in [0.1, 0.15) is 46.5 Å². The van der Waals surface area contributed by atoms with Crippen molar-refractivity contribution in [1.29, 1.82) is 0 Å². The first-order chi connectivity index (χ1) is 7.35. The molecule has 0 N–H and O–H groups in total. The number of hydrogen-bond acceptors (Lipinski definition) is 2. The Bertz CT molecular complexity index is 112. The zero-order valence-corrected chi connectivity index (χ0v) is 13.4. The van der Waals surface area contributed by atoms with E-state index in [1.807, 2.05) is 0 Å². The summed E-state index contributed by atoms with van der Waals surface area (Å²) in [6.07, 6.45) is 5.03. The van der Waals surface area contributed by atoms with Crippen LogP contribution in [0.2, 0.25) is 8.87 Å². The van der Waals surface area contributed by atoms with Gasteiger partial charge >= 0.3 is 105 Å². The Morgan fingerprint density at radius 2 is 1.53 bits per heavy atom. The number of ether oxygens (including phenoxy) is 2. The molecular formula is C12H26O2Sn. The maximum absolute atomic E-state index is 5.69. The van der Waals surface area contributed by atoms with E-state index in [0.717, 1.165) is 26.1 Å². The van der Waals surface area contributed by atoms with Crippen molar-refractivity contribution in [1.82, 2.24) is 0 Å². The molecule has 0 aliphatic heterocycles. The topological polar surface area (TPSA) is 18.5 Å². The minimum absolute atomic E-state index is 0.119. The molecule has 15 heavy (non-hydrogen) atoms. The molecule has 0 saturated heterocycles. The Labute approximate surface area is 105 Å². The molecule has 2 nitrogen and oxygen atoms in total. The van der Waals surface area contributed by atoms with Crippen molar-refractivity contribution in [3.05, 3.63) is 0 Å². The van der Waals surface area contributed by atoms with Crippen molar-refractivity contribution in [2.75, 3.05) is 13.2 Å². The summed E-state index contributed by atoms with van der Waals surface area (Å²) in [4.78, 5) is 0. The van der Waals surface area contributed by atoms with Gasteiger partial charge in [-0.3, -0.25) is 0 Å². The van der Waals surface area contributed by atoms with Crippen molar-refractivity contribution in [3.63, 3.8) is 0 Å². The van der Waals surface area contributed by atoms with Gasteiger partial charge in [0.2, 0.25) is 0 Å². The zero-order valence-electron chi connectivity index (χ0n) is 10.6. The van der Waals surface area contributed by atoms with E-state index in [2.05, 4.69) is 20.8 Å². The Kier molecular flexibility index (Phi) is 13.4. The number of rotatable bonds is 11. The first-order valence-electron chi connectivity index (χ1n) is 6.29. The molecule has 0 unspecified atom stereocenters. The molecule has 0 rings (SSSR count). The molecule has 0 aromatic carbocycles. The summed E-state index contributed by atoms with van der Waals surface area (Å²) in [5.74, 6) is 0. The van der Waals surface area contributed by atoms with Crippen LogP contribution in [0, 0.1) is 0 Å². The second-order valence-electron chi connectivity index (χ2n) is 3.73. The minimum atomic E-state index is -0.218. The molecule has 0 heterocycles. The SMILES string of the molecule is CCC[CH2][Sn][CH2]C(OCCC)OCCC. The molecule has 0 aliphatic rings. The molecule has 0 atom stereocenters. The molecule has 0 fully saturated rings. The van der Waals surface area contributed by atoms with E-state index in [1.54, 1.807) is 0 Å². The van der Waals surface area contributed by atoms with E-state index in [-0.39, 0.29) is 27.4 Å². The second-order valence-corrected chi connectivity index (χ2v) is 7.75. The molecule has 3 heteroatoms. The number of hydrogen-bond donors (Lipinski definition) is 0. The van der Waals surface area contributed by atoms with Gasteiger partial charge in [0.15, 0.2) is 0 Å². The first kappa shape index (κ1) is 15.7. The van der Waals surface area contributed by atoms with Crippen LogP contribution < -0.4 is 0 Å². The molecule has 0 amide bonds. The average Bonchev–Trinajstić information content (AvgIpc) is 2.27. The van der Waals surface area contributed by atoms with E-state index in [0.29, 0.717) is 0 Å². The maximum atomic E-state index is 5.69. The Morgan fingerprint density at radius 3 is 2.00 bits per heavy atom. The van der Waals surface area contributed by atoms with E-state index < -0.39 is 0 Å². The van der Waals surface area contributed by atoms with Crippen LogP contribution in [0.5, 0.6) is 0 Å². The van der Waals surface area contributed by atoms with Gasteiger partial charge in [0.25, 0.3) is 0 Å². The molecule has 0 spiro atoms. The summed E-state index contributed by atoms with van der Waals surface area (Å²) in [6, 6.07) is 0. The third-order valence-electron chi connectivity index (χ3n) is 2.03. The van der Waals surface area contributed by atoms with Crippen molar-refractivity contribution in [3.8, 4) is 0 Å². The van der Waals surface area contributed by atoms with E-state index >= 15 is 0 Å². The molecule has 90 valence electrons. The zero-order chi connectivity index (χ0) is 11.4. The summed E-state index contributed by atoms with van der Waals surface area (Å²) in [6.45, 7) is 8.25. The fourth-order valence-electron chi connectivity index (χ4n) is 1.19. The fourth-order valence-corrected chi connectivity index (χ4v) is 4.84. The fraction of sp³-hybridized carbons (Fsp3) is 1.00. The molecule has 0 aliphatic carbocycles. The standard InChI is InChI=1S/C8H17O2.C4H9.Sn/c1-4-6-9-8(3)10-7-5-2;1-3-4-2;/h8H,3-7H2,1-2H3;1,3-4H2,2H3;. The molecule has 0 saturated carbocycles. The third kappa shape index (κ3) is 11.0. The molecule has 0 bridgehead atoms. The summed E-state index contributed by atoms with van der Waals surface area (Å²) in [7, 11) is 0. The van der Waals surface area contributed by atoms with Gasteiger partial charge in [0.05, 0.1) is 0 Å². The predicted molar refractivity (Wildman–Crippen MR) is 66.6 cm³/mol. The van der Waals surface area contributed by atoms with E-state index in [1.165, 1.54) is 21.7 Å². The van der Waals surface area contributed by atoms with Crippen LogP contribution in [-0.2, 0) is 9.47 Å². The van der Waals surface area contributed by atoms with Gasteiger partial charge in [-0.1, -0.05) is 0 Å². The van der Waals surface area contributed by atoms with Crippen molar-refractivity contribution in [2.24, 2.45) is 0 Å². The number of unbranched alkanes of at least 4 members (excludes halogenated alkanes) is 1. The van der Waals surface area contributed by atoms with Gasteiger partial charge < -0.3 is 0 Å². The summed E-state index contributed by atoms with van der Waals surface area (Å²) >= 11 is -0.218. The Morgan fingerprint density at radius 1 is 0.933 bits per heavy atom. The van der Waals surface area contributed by atoms with Crippen LogP contribution in [0.25, 0.3) is 0 Å². The second kappa shape index (κ2) is 12.8. The van der Waals surface area contributed by atoms with Gasteiger partial charge in [0, 0.05) is 0 Å². The first-order valence-corrected chi connectivity index (χ1v) is 10.3. The van der Waals surface area contributed by atoms with Crippen molar-refractivity contribution in [2.45, 2.75) is 61.6 Å². The normalized spacial score (nSPS) is 11.2. The third-order valence-corrected chi connectivity index (χ3v) is 5.83. The molecular weight excluding hydrogens is 295 g/mol. The van der Waals surface area contributed by atoms with Gasteiger partial charge in [-0.15, -0.1) is 0 Å². The van der Waals surface area contributed by atoms with Crippen LogP contribution in [0.4, 0.5) is 0 Å². The average molecular weight is 321 g/mol. The van der Waals surface area contributed by atoms with Crippen LogP contribution in [-0.4, -0.2) is 40.6 Å².